The van der Waals surface area contributed by atoms with Crippen molar-refractivity contribution in [2.45, 2.75) is 13.5 Å². The topological polar surface area (TPSA) is 63.7 Å². The monoisotopic (exact) mass is 458 g/mol. The van der Waals surface area contributed by atoms with E-state index in [9.17, 15) is 4.79 Å². The highest BCUT2D eigenvalue weighted by molar-refractivity contribution is 5.94. The summed E-state index contributed by atoms with van der Waals surface area (Å²) >= 11 is 0. The van der Waals surface area contributed by atoms with Crippen LogP contribution >= 0.6 is 0 Å². The lowest BCUT2D eigenvalue weighted by Crippen LogP contribution is -2.37. The molecule has 4 rings (SSSR count). The molecule has 0 saturated heterocycles. The fourth-order valence-electron chi connectivity index (χ4n) is 3.69. The van der Waals surface area contributed by atoms with E-state index in [4.69, 9.17) is 14.3 Å². The van der Waals surface area contributed by atoms with Crippen LogP contribution in [0.15, 0.2) is 77.2 Å². The van der Waals surface area contributed by atoms with Crippen LogP contribution in [0.4, 0.5) is 0 Å². The normalized spacial score (nSPS) is 11.1. The molecule has 0 N–H and O–H groups in total. The summed E-state index contributed by atoms with van der Waals surface area (Å²) in [5.41, 5.74) is 2.93. The maximum Gasteiger partial charge on any atom is 0.272 e. The molecule has 0 radical (unpaired) electrons. The number of rotatable bonds is 9. The minimum absolute atomic E-state index is 0.0939. The van der Waals surface area contributed by atoms with E-state index in [2.05, 4.69) is 4.90 Å². The number of likely N-dealkylation sites (N-methyl/N-ethyl adjacent to an activating group) is 1. The Morgan fingerprint density at radius 2 is 1.74 bits per heavy atom. The minimum Gasteiger partial charge on any atom is -0.497 e. The number of methoxy groups -OCH3 is 1. The number of furan rings is 1. The number of aryl methyl sites for hydroxylation is 1. The Kier molecular flexibility index (Phi) is 7.13. The van der Waals surface area contributed by atoms with Gasteiger partial charge in [-0.05, 0) is 63.0 Å². The van der Waals surface area contributed by atoms with E-state index in [1.165, 1.54) is 0 Å². The van der Waals surface area contributed by atoms with Crippen molar-refractivity contribution in [2.24, 2.45) is 0 Å². The molecule has 7 heteroatoms. The molecular formula is C27H30N4O3. The predicted molar refractivity (Wildman–Crippen MR) is 132 cm³/mol. The first-order valence-corrected chi connectivity index (χ1v) is 11.2. The van der Waals surface area contributed by atoms with E-state index < -0.39 is 0 Å². The van der Waals surface area contributed by atoms with Crippen molar-refractivity contribution in [3.63, 3.8) is 0 Å². The van der Waals surface area contributed by atoms with Crippen LogP contribution in [0.2, 0.25) is 0 Å². The quantitative estimate of drug-likeness (QED) is 0.365. The number of nitrogens with zero attached hydrogens (tertiary/aromatic N) is 4. The molecule has 4 aromatic rings. The predicted octanol–water partition coefficient (Wildman–Crippen LogP) is 4.65. The highest BCUT2D eigenvalue weighted by Crippen LogP contribution is 2.26. The standard InChI is InChI=1S/C27H30N4O3/c1-20-10-15-26(34-20)24-18-25(31(28-24)22-11-13-23(33-4)14-12-22)27(32)30(17-16-29(2)3)19-21-8-6-5-7-9-21/h5-15,18H,16-17,19H2,1-4H3. The lowest BCUT2D eigenvalue weighted by molar-refractivity contribution is 0.0722. The molecule has 2 aromatic carbocycles. The fraction of sp³-hybridized carbons (Fsp3) is 0.259. The van der Waals surface area contributed by atoms with Gasteiger partial charge in [0.2, 0.25) is 0 Å². The van der Waals surface area contributed by atoms with Gasteiger partial charge in [0.15, 0.2) is 5.76 Å². The molecule has 0 atom stereocenters. The van der Waals surface area contributed by atoms with E-state index in [-0.39, 0.29) is 5.91 Å². The third kappa shape index (κ3) is 5.38. The number of carbonyl (C=O) groups is 1. The van der Waals surface area contributed by atoms with Crippen molar-refractivity contribution in [2.75, 3.05) is 34.3 Å². The number of carbonyl (C=O) groups excluding carboxylic acids is 1. The summed E-state index contributed by atoms with van der Waals surface area (Å²) in [6.45, 7) is 3.73. The van der Waals surface area contributed by atoms with Gasteiger partial charge in [-0.15, -0.1) is 0 Å². The van der Waals surface area contributed by atoms with Crippen molar-refractivity contribution in [1.82, 2.24) is 19.6 Å². The average molecular weight is 459 g/mol. The minimum atomic E-state index is -0.0939. The Balaban J connectivity index is 1.75. The number of hydrogen-bond donors (Lipinski definition) is 0. The smallest absolute Gasteiger partial charge is 0.272 e. The average Bonchev–Trinajstić information content (AvgIpc) is 3.48. The van der Waals surface area contributed by atoms with Gasteiger partial charge in [0.1, 0.15) is 22.9 Å². The van der Waals surface area contributed by atoms with E-state index >= 15 is 0 Å². The Bertz CT molecular complexity index is 1230. The highest BCUT2D eigenvalue weighted by Gasteiger charge is 2.24. The molecular weight excluding hydrogens is 428 g/mol. The van der Waals surface area contributed by atoms with Gasteiger partial charge in [0, 0.05) is 25.7 Å². The number of aromatic nitrogens is 2. The summed E-state index contributed by atoms with van der Waals surface area (Å²) in [5, 5.41) is 4.75. The molecule has 1 amide bonds. The first-order valence-electron chi connectivity index (χ1n) is 11.2. The first kappa shape index (κ1) is 23.3. The summed E-state index contributed by atoms with van der Waals surface area (Å²) in [6, 6.07) is 23.1. The second kappa shape index (κ2) is 10.4. The molecule has 0 bridgehead atoms. The van der Waals surface area contributed by atoms with Crippen LogP contribution in [0.5, 0.6) is 5.75 Å². The Morgan fingerprint density at radius 1 is 1.00 bits per heavy atom. The van der Waals surface area contributed by atoms with Crippen LogP contribution in [0, 0.1) is 6.92 Å². The molecule has 0 spiro atoms. The Morgan fingerprint density at radius 3 is 2.35 bits per heavy atom. The van der Waals surface area contributed by atoms with Gasteiger partial charge >= 0.3 is 0 Å². The van der Waals surface area contributed by atoms with Crippen molar-refractivity contribution >= 4 is 5.91 Å². The van der Waals surface area contributed by atoms with Gasteiger partial charge in [-0.2, -0.15) is 5.10 Å². The second-order valence-electron chi connectivity index (χ2n) is 8.45. The third-order valence-corrected chi connectivity index (χ3v) is 5.56. The highest BCUT2D eigenvalue weighted by atomic mass is 16.5. The number of hydrogen-bond acceptors (Lipinski definition) is 5. The fourth-order valence-corrected chi connectivity index (χ4v) is 3.69. The maximum absolute atomic E-state index is 13.9. The summed E-state index contributed by atoms with van der Waals surface area (Å²) in [6.07, 6.45) is 0. The van der Waals surface area contributed by atoms with Crippen molar-refractivity contribution in [3.05, 3.63) is 89.8 Å². The van der Waals surface area contributed by atoms with E-state index in [0.29, 0.717) is 30.2 Å². The SMILES string of the molecule is COc1ccc(-n2nc(-c3ccc(C)o3)cc2C(=O)N(CCN(C)C)Cc2ccccc2)cc1. The van der Waals surface area contributed by atoms with Gasteiger partial charge in [0.25, 0.3) is 5.91 Å². The van der Waals surface area contributed by atoms with Crippen LogP contribution < -0.4 is 4.74 Å². The molecule has 0 saturated carbocycles. The van der Waals surface area contributed by atoms with E-state index in [0.717, 1.165) is 29.3 Å². The molecule has 176 valence electrons. The van der Waals surface area contributed by atoms with Gasteiger partial charge in [-0.1, -0.05) is 30.3 Å². The molecule has 0 unspecified atom stereocenters. The first-order chi connectivity index (χ1) is 16.4. The number of amides is 1. The second-order valence-corrected chi connectivity index (χ2v) is 8.45. The molecule has 0 aliphatic rings. The lowest BCUT2D eigenvalue weighted by atomic mass is 10.2. The summed E-state index contributed by atoms with van der Waals surface area (Å²) < 4.78 is 12.8. The van der Waals surface area contributed by atoms with Crippen LogP contribution in [0.1, 0.15) is 21.8 Å². The Labute approximate surface area is 200 Å². The van der Waals surface area contributed by atoms with Crippen LogP contribution in [0.25, 0.3) is 17.1 Å². The number of benzene rings is 2. The van der Waals surface area contributed by atoms with E-state index in [1.54, 1.807) is 17.9 Å². The maximum atomic E-state index is 13.9. The molecule has 2 aromatic heterocycles. The largest absolute Gasteiger partial charge is 0.497 e. The van der Waals surface area contributed by atoms with Gasteiger partial charge in [-0.25, -0.2) is 4.68 Å². The molecule has 2 heterocycles. The van der Waals surface area contributed by atoms with Crippen LogP contribution in [-0.2, 0) is 6.54 Å². The summed E-state index contributed by atoms with van der Waals surface area (Å²) in [4.78, 5) is 17.9. The van der Waals surface area contributed by atoms with Gasteiger partial charge in [-0.3, -0.25) is 4.79 Å². The van der Waals surface area contributed by atoms with Gasteiger partial charge in [0.05, 0.1) is 12.8 Å². The van der Waals surface area contributed by atoms with E-state index in [1.807, 2.05) is 92.6 Å². The number of ether oxygens (including phenoxy) is 1. The lowest BCUT2D eigenvalue weighted by Gasteiger charge is -2.25. The molecule has 0 fully saturated rings. The third-order valence-electron chi connectivity index (χ3n) is 5.56. The van der Waals surface area contributed by atoms with Crippen LogP contribution in [-0.4, -0.2) is 59.8 Å². The molecule has 0 aliphatic heterocycles. The molecule has 34 heavy (non-hydrogen) atoms. The van der Waals surface area contributed by atoms with Crippen molar-refractivity contribution < 1.29 is 13.9 Å². The zero-order valence-electron chi connectivity index (χ0n) is 20.1. The van der Waals surface area contributed by atoms with Crippen LogP contribution in [0.3, 0.4) is 0 Å². The molecule has 7 nitrogen and oxygen atoms in total. The van der Waals surface area contributed by atoms with Crippen molar-refractivity contribution in [1.29, 1.82) is 0 Å². The van der Waals surface area contributed by atoms with Crippen molar-refractivity contribution in [3.8, 4) is 22.9 Å². The summed E-state index contributed by atoms with van der Waals surface area (Å²) in [7, 11) is 5.63. The zero-order valence-corrected chi connectivity index (χ0v) is 20.1. The Hall–Kier alpha value is -3.84. The van der Waals surface area contributed by atoms with Gasteiger partial charge < -0.3 is 19.0 Å². The molecule has 0 aliphatic carbocycles. The zero-order chi connectivity index (χ0) is 24.1. The summed E-state index contributed by atoms with van der Waals surface area (Å²) in [5.74, 6) is 2.06.